The zero-order valence-corrected chi connectivity index (χ0v) is 19.8. The molecule has 0 radical (unpaired) electrons. The SMILES string of the molecule is Cc1ccc([C@@H]2[C@@H]3C(=O)N(c4ccc(C)c(Cl)c4)C(=O)[C@H]3ON2c2cccc(Br)c2)cc1. The normalized spacial score (nSPS) is 22.6. The van der Waals surface area contributed by atoms with Gasteiger partial charge in [-0.15, -0.1) is 0 Å². The molecule has 3 aromatic carbocycles. The van der Waals surface area contributed by atoms with Crippen LogP contribution in [-0.4, -0.2) is 17.9 Å². The van der Waals surface area contributed by atoms with Crippen molar-refractivity contribution in [3.05, 3.63) is 92.9 Å². The van der Waals surface area contributed by atoms with Gasteiger partial charge in [-0.3, -0.25) is 14.4 Å². The van der Waals surface area contributed by atoms with Crippen LogP contribution < -0.4 is 9.96 Å². The van der Waals surface area contributed by atoms with Gasteiger partial charge in [0.25, 0.3) is 5.91 Å². The quantitative estimate of drug-likeness (QED) is 0.419. The van der Waals surface area contributed by atoms with E-state index >= 15 is 0 Å². The van der Waals surface area contributed by atoms with E-state index in [2.05, 4.69) is 15.9 Å². The first-order valence-corrected chi connectivity index (χ1v) is 11.4. The van der Waals surface area contributed by atoms with Crippen LogP contribution in [0.3, 0.4) is 0 Å². The van der Waals surface area contributed by atoms with Gasteiger partial charge in [0.15, 0.2) is 6.10 Å². The fraction of sp³-hybridized carbons (Fsp3) is 0.200. The molecule has 2 aliphatic heterocycles. The molecule has 0 unspecified atom stereocenters. The van der Waals surface area contributed by atoms with Gasteiger partial charge in [-0.25, -0.2) is 9.96 Å². The molecule has 2 amide bonds. The van der Waals surface area contributed by atoms with E-state index in [1.54, 1.807) is 23.3 Å². The molecule has 0 saturated carbocycles. The van der Waals surface area contributed by atoms with Crippen molar-refractivity contribution in [2.75, 3.05) is 9.96 Å². The summed E-state index contributed by atoms with van der Waals surface area (Å²) in [7, 11) is 0. The summed E-state index contributed by atoms with van der Waals surface area (Å²) in [5.74, 6) is -1.35. The number of aryl methyl sites for hydroxylation is 2. The van der Waals surface area contributed by atoms with E-state index in [9.17, 15) is 9.59 Å². The largest absolute Gasteiger partial charge is 0.273 e. The van der Waals surface area contributed by atoms with E-state index in [1.807, 2.05) is 62.4 Å². The first kappa shape index (κ1) is 21.2. The van der Waals surface area contributed by atoms with Gasteiger partial charge >= 0.3 is 0 Å². The molecule has 2 aliphatic rings. The molecular weight excluding hydrogens is 492 g/mol. The van der Waals surface area contributed by atoms with Crippen molar-refractivity contribution in [1.82, 2.24) is 0 Å². The van der Waals surface area contributed by atoms with Crippen LogP contribution in [0, 0.1) is 19.8 Å². The number of rotatable bonds is 3. The Morgan fingerprint density at radius 3 is 2.34 bits per heavy atom. The lowest BCUT2D eigenvalue weighted by atomic mass is 9.90. The third kappa shape index (κ3) is 3.43. The summed E-state index contributed by atoms with van der Waals surface area (Å²) < 4.78 is 0.881. The van der Waals surface area contributed by atoms with Crippen molar-refractivity contribution < 1.29 is 14.4 Å². The van der Waals surface area contributed by atoms with Crippen LogP contribution in [0.2, 0.25) is 5.02 Å². The smallest absolute Gasteiger partial charge is 0.266 e. The molecule has 0 N–H and O–H groups in total. The highest BCUT2D eigenvalue weighted by atomic mass is 79.9. The maximum atomic E-state index is 13.6. The maximum absolute atomic E-state index is 13.6. The summed E-state index contributed by atoms with van der Waals surface area (Å²) in [6, 6.07) is 20.4. The molecule has 2 fully saturated rings. The summed E-state index contributed by atoms with van der Waals surface area (Å²) >= 11 is 9.77. The molecule has 2 heterocycles. The van der Waals surface area contributed by atoms with Gasteiger partial charge in [0, 0.05) is 9.50 Å². The van der Waals surface area contributed by atoms with E-state index in [0.717, 1.165) is 26.9 Å². The van der Waals surface area contributed by atoms with E-state index in [1.165, 1.54) is 4.90 Å². The average Bonchev–Trinajstić information content (AvgIpc) is 3.27. The topological polar surface area (TPSA) is 49.9 Å². The number of benzene rings is 3. The first-order valence-electron chi connectivity index (χ1n) is 10.3. The zero-order chi connectivity index (χ0) is 22.6. The number of amides is 2. The van der Waals surface area contributed by atoms with Gasteiger partial charge in [-0.1, -0.05) is 69.5 Å². The molecule has 7 heteroatoms. The van der Waals surface area contributed by atoms with Crippen LogP contribution in [0.5, 0.6) is 0 Å². The number of hydrogen-bond acceptors (Lipinski definition) is 4. The Morgan fingerprint density at radius 1 is 0.906 bits per heavy atom. The third-order valence-corrected chi connectivity index (χ3v) is 6.91. The summed E-state index contributed by atoms with van der Waals surface area (Å²) in [6.07, 6.45) is -0.909. The number of carbonyl (C=O) groups is 2. The Bertz CT molecular complexity index is 1230. The van der Waals surface area contributed by atoms with Gasteiger partial charge in [0.2, 0.25) is 5.91 Å². The second-order valence-corrected chi connectivity index (χ2v) is 9.48. The summed E-state index contributed by atoms with van der Waals surface area (Å²) in [4.78, 5) is 34.4. The molecule has 5 rings (SSSR count). The van der Waals surface area contributed by atoms with Gasteiger partial charge in [0.1, 0.15) is 5.92 Å². The van der Waals surface area contributed by atoms with Crippen LogP contribution in [0.15, 0.2) is 71.2 Å². The predicted molar refractivity (Wildman–Crippen MR) is 128 cm³/mol. The number of hydrogen-bond donors (Lipinski definition) is 0. The monoisotopic (exact) mass is 510 g/mol. The van der Waals surface area contributed by atoms with E-state index in [0.29, 0.717) is 10.7 Å². The van der Waals surface area contributed by atoms with Crippen LogP contribution in [0.4, 0.5) is 11.4 Å². The van der Waals surface area contributed by atoms with Crippen molar-refractivity contribution in [1.29, 1.82) is 0 Å². The van der Waals surface area contributed by atoms with Crippen molar-refractivity contribution >= 4 is 50.7 Å². The summed E-state index contributed by atoms with van der Waals surface area (Å²) in [6.45, 7) is 3.89. The van der Waals surface area contributed by atoms with E-state index in [4.69, 9.17) is 16.4 Å². The van der Waals surface area contributed by atoms with Crippen molar-refractivity contribution in [2.45, 2.75) is 26.0 Å². The number of hydroxylamine groups is 1. The minimum absolute atomic E-state index is 0.289. The molecule has 3 atom stereocenters. The molecule has 162 valence electrons. The Labute approximate surface area is 199 Å². The number of carbonyl (C=O) groups excluding carboxylic acids is 2. The lowest BCUT2D eigenvalue weighted by Crippen LogP contribution is -2.37. The Kier molecular flexibility index (Phi) is 5.32. The zero-order valence-electron chi connectivity index (χ0n) is 17.5. The van der Waals surface area contributed by atoms with Gasteiger partial charge in [-0.05, 0) is 55.3 Å². The molecule has 3 aromatic rings. The van der Waals surface area contributed by atoms with Crippen LogP contribution in [-0.2, 0) is 14.4 Å². The second-order valence-electron chi connectivity index (χ2n) is 8.16. The number of fused-ring (bicyclic) bond motifs is 1. The number of halogens is 2. The molecule has 32 heavy (non-hydrogen) atoms. The number of nitrogens with zero attached hydrogens (tertiary/aromatic N) is 2. The molecular formula is C25H20BrClN2O3. The molecule has 0 spiro atoms. The van der Waals surface area contributed by atoms with Crippen LogP contribution in [0.1, 0.15) is 22.7 Å². The first-order chi connectivity index (χ1) is 15.3. The Morgan fingerprint density at radius 2 is 1.66 bits per heavy atom. The lowest BCUT2D eigenvalue weighted by Gasteiger charge is -2.29. The minimum atomic E-state index is -0.909. The Hall–Kier alpha value is -2.67. The summed E-state index contributed by atoms with van der Waals surface area (Å²) in [5, 5.41) is 2.20. The van der Waals surface area contributed by atoms with Crippen LogP contribution in [0.25, 0.3) is 0 Å². The number of imide groups is 1. The average molecular weight is 512 g/mol. The molecule has 0 aromatic heterocycles. The van der Waals surface area contributed by atoms with Gasteiger partial charge in [-0.2, -0.15) is 0 Å². The van der Waals surface area contributed by atoms with E-state index < -0.39 is 18.1 Å². The van der Waals surface area contributed by atoms with Gasteiger partial charge < -0.3 is 0 Å². The molecule has 2 saturated heterocycles. The fourth-order valence-electron chi connectivity index (χ4n) is 4.33. The molecule has 5 nitrogen and oxygen atoms in total. The van der Waals surface area contributed by atoms with Crippen LogP contribution >= 0.6 is 27.5 Å². The third-order valence-electron chi connectivity index (χ3n) is 6.01. The highest BCUT2D eigenvalue weighted by Gasteiger charge is 2.60. The Balaban J connectivity index is 1.59. The number of anilines is 2. The minimum Gasteiger partial charge on any atom is -0.273 e. The predicted octanol–water partition coefficient (Wildman–Crippen LogP) is 5.77. The van der Waals surface area contributed by atoms with Crippen molar-refractivity contribution in [2.24, 2.45) is 5.92 Å². The highest BCUT2D eigenvalue weighted by Crippen LogP contribution is 2.48. The lowest BCUT2D eigenvalue weighted by molar-refractivity contribution is -0.126. The molecule has 0 bridgehead atoms. The second kappa shape index (κ2) is 8.03. The standard InChI is InChI=1S/C25H20BrClN2O3/c1-14-6-9-16(10-7-14)22-21-23(32-29(22)19-5-3-4-17(26)12-19)25(31)28(24(21)30)18-11-8-15(2)20(27)13-18/h3-13,21-23H,1-2H3/t21-,22+,23-/m0/s1. The maximum Gasteiger partial charge on any atom is 0.266 e. The van der Waals surface area contributed by atoms with Crippen molar-refractivity contribution in [3.63, 3.8) is 0 Å². The highest BCUT2D eigenvalue weighted by molar-refractivity contribution is 9.10. The molecule has 0 aliphatic carbocycles. The van der Waals surface area contributed by atoms with Crippen molar-refractivity contribution in [3.8, 4) is 0 Å². The summed E-state index contributed by atoms with van der Waals surface area (Å²) in [5.41, 5.74) is 4.13. The fourth-order valence-corrected chi connectivity index (χ4v) is 4.89. The van der Waals surface area contributed by atoms with Gasteiger partial charge in [0.05, 0.1) is 17.4 Å². The van der Waals surface area contributed by atoms with E-state index in [-0.39, 0.29) is 11.8 Å².